The van der Waals surface area contributed by atoms with Crippen molar-refractivity contribution >= 4 is 5.97 Å². The second-order valence-corrected chi connectivity index (χ2v) is 18.6. The Bertz CT molecular complexity index is 1250. The summed E-state index contributed by atoms with van der Waals surface area (Å²) >= 11 is 0. The van der Waals surface area contributed by atoms with E-state index in [9.17, 15) is 25.2 Å². The first-order valence-electron chi connectivity index (χ1n) is 20.6. The quantitative estimate of drug-likeness (QED) is 0.265. The standard InChI is InChI=1S/C41H76N2O12/c1-16-29-41(12,48)36-24(6)31(43(20-50-36)21(2)3)22(4)18-39(10,47)35(55-38-32(44)28(42(13)14)17-23(5)51-38)25(7)33(26(8)37(46)53-29)54-30-19-40(11,49-15)34(45)27(9)52-30/h21-36,38,44-45,47-48H,16-20H2,1-15H3/t22-,23-,24+,25+,26-,27+,28+,29?,30+,31+,32-,33?,34+,35-,36-,38+,39-,40-,41-/m1/s1. The minimum atomic E-state index is -1.56. The van der Waals surface area contributed by atoms with E-state index in [-0.39, 0.29) is 55.6 Å². The van der Waals surface area contributed by atoms with Crippen LogP contribution in [-0.2, 0) is 38.0 Å². The maximum absolute atomic E-state index is 14.4. The maximum atomic E-state index is 14.4. The highest BCUT2D eigenvalue weighted by Gasteiger charge is 2.56. The Balaban J connectivity index is 1.87. The number of methoxy groups -OCH3 is 1. The van der Waals surface area contributed by atoms with Crippen LogP contribution >= 0.6 is 0 Å². The number of hydrogen-bond acceptors (Lipinski definition) is 14. The molecule has 14 heteroatoms. The molecule has 0 amide bonds. The summed E-state index contributed by atoms with van der Waals surface area (Å²) in [7, 11) is 5.34. The predicted octanol–water partition coefficient (Wildman–Crippen LogP) is 3.29. The fraction of sp³-hybridized carbons (Fsp3) is 0.976. The lowest BCUT2D eigenvalue weighted by Gasteiger charge is -2.54. The molecule has 4 heterocycles. The van der Waals surface area contributed by atoms with Gasteiger partial charge in [0.25, 0.3) is 0 Å². The number of esters is 1. The summed E-state index contributed by atoms with van der Waals surface area (Å²) in [4.78, 5) is 18.6. The number of aliphatic hydroxyl groups excluding tert-OH is 2. The summed E-state index contributed by atoms with van der Waals surface area (Å²) in [6.07, 6.45) is -7.13. The molecule has 0 aromatic rings. The van der Waals surface area contributed by atoms with Gasteiger partial charge < -0.3 is 58.5 Å². The number of aliphatic hydroxyl groups is 4. The first-order chi connectivity index (χ1) is 25.4. The van der Waals surface area contributed by atoms with Crippen molar-refractivity contribution in [3.63, 3.8) is 0 Å². The summed E-state index contributed by atoms with van der Waals surface area (Å²) in [5, 5.41) is 47.8. The third-order valence-electron chi connectivity index (χ3n) is 13.5. The van der Waals surface area contributed by atoms with E-state index in [0.717, 1.165) is 0 Å². The number of carbonyl (C=O) groups is 1. The molecule has 4 aliphatic heterocycles. The van der Waals surface area contributed by atoms with Crippen molar-refractivity contribution in [1.29, 1.82) is 0 Å². The Morgan fingerprint density at radius 3 is 2.16 bits per heavy atom. The van der Waals surface area contributed by atoms with Gasteiger partial charge in [0.2, 0.25) is 0 Å². The van der Waals surface area contributed by atoms with Crippen molar-refractivity contribution in [2.24, 2.45) is 23.7 Å². The highest BCUT2D eigenvalue weighted by Crippen LogP contribution is 2.44. The lowest BCUT2D eigenvalue weighted by atomic mass is 9.71. The van der Waals surface area contributed by atoms with Gasteiger partial charge in [0.05, 0.1) is 47.6 Å². The zero-order valence-corrected chi connectivity index (χ0v) is 36.3. The molecule has 4 N–H and O–H groups in total. The molecule has 55 heavy (non-hydrogen) atoms. The lowest BCUT2D eigenvalue weighted by Crippen LogP contribution is -2.66. The first kappa shape index (κ1) is 46.7. The number of carbonyl (C=O) groups excluding carboxylic acids is 1. The Morgan fingerprint density at radius 1 is 0.964 bits per heavy atom. The van der Waals surface area contributed by atoms with Crippen molar-refractivity contribution in [1.82, 2.24) is 9.80 Å². The predicted molar refractivity (Wildman–Crippen MR) is 206 cm³/mol. The lowest BCUT2D eigenvalue weighted by molar-refractivity contribution is -0.319. The van der Waals surface area contributed by atoms with Crippen LogP contribution in [0, 0.1) is 23.7 Å². The second kappa shape index (κ2) is 18.1. The van der Waals surface area contributed by atoms with Gasteiger partial charge in [-0.1, -0.05) is 27.7 Å². The highest BCUT2D eigenvalue weighted by atomic mass is 16.7. The molecule has 0 saturated carbocycles. The van der Waals surface area contributed by atoms with Crippen LogP contribution in [0.2, 0.25) is 0 Å². The molecule has 0 spiro atoms. The van der Waals surface area contributed by atoms with Gasteiger partial charge in [-0.25, -0.2) is 0 Å². The van der Waals surface area contributed by atoms with E-state index in [1.165, 1.54) is 7.11 Å². The van der Waals surface area contributed by atoms with E-state index in [1.54, 1.807) is 34.6 Å². The third-order valence-corrected chi connectivity index (χ3v) is 13.5. The van der Waals surface area contributed by atoms with Crippen LogP contribution in [0.3, 0.4) is 0 Å². The SMILES string of the molecule is CCC1OC(=O)[C@H](C)C(O[C@H]2C[C@@](C)(OC)[C@@H](O)[C@H](C)O2)[C@H](C)[C@@H](O[C@@H]2O[C@H](C)C[C@H](N(C)C)[C@H]2O)[C@](C)(O)C[C@@H](C)[C@H]2[C@H](C)[C@@H](OCN2C(C)C)[C@]1(C)O. The average Bonchev–Trinajstić information content (AvgIpc) is 3.09. The molecular formula is C41H76N2O12. The molecular weight excluding hydrogens is 712 g/mol. The summed E-state index contributed by atoms with van der Waals surface area (Å²) in [5.74, 6) is -2.66. The number of likely N-dealkylation sites (N-methyl/N-ethyl adjacent to an activating group) is 1. The molecule has 4 saturated heterocycles. The van der Waals surface area contributed by atoms with Crippen molar-refractivity contribution in [2.45, 2.75) is 205 Å². The maximum Gasteiger partial charge on any atom is 0.311 e. The molecule has 4 fully saturated rings. The Hall–Kier alpha value is -1.01. The normalized spacial score (nSPS) is 49.8. The number of hydrogen-bond donors (Lipinski definition) is 4. The summed E-state index contributed by atoms with van der Waals surface area (Å²) in [6, 6.07) is -0.306. The van der Waals surface area contributed by atoms with E-state index in [2.05, 4.69) is 32.6 Å². The van der Waals surface area contributed by atoms with Gasteiger partial charge in [0.1, 0.15) is 30.6 Å². The molecule has 0 aliphatic carbocycles. The molecule has 0 aromatic heterocycles. The highest BCUT2D eigenvalue weighted by molar-refractivity contribution is 5.73. The molecule has 2 unspecified atom stereocenters. The Kier molecular flexibility index (Phi) is 15.3. The fourth-order valence-corrected chi connectivity index (χ4v) is 10.3. The van der Waals surface area contributed by atoms with Gasteiger partial charge >= 0.3 is 5.97 Å². The van der Waals surface area contributed by atoms with Gasteiger partial charge in [-0.3, -0.25) is 9.69 Å². The third kappa shape index (κ3) is 9.73. The summed E-state index contributed by atoms with van der Waals surface area (Å²) in [5.41, 5.74) is -4.11. The van der Waals surface area contributed by atoms with Crippen LogP contribution in [0.4, 0.5) is 0 Å². The zero-order chi connectivity index (χ0) is 41.5. The molecule has 19 atom stereocenters. The minimum Gasteiger partial charge on any atom is -0.459 e. The van der Waals surface area contributed by atoms with E-state index >= 15 is 0 Å². The van der Waals surface area contributed by atoms with Crippen molar-refractivity contribution in [3.8, 4) is 0 Å². The van der Waals surface area contributed by atoms with E-state index < -0.39 is 89.9 Å². The zero-order valence-electron chi connectivity index (χ0n) is 36.3. The van der Waals surface area contributed by atoms with E-state index in [4.69, 9.17) is 33.2 Å². The van der Waals surface area contributed by atoms with Gasteiger partial charge in [-0.2, -0.15) is 0 Å². The largest absolute Gasteiger partial charge is 0.459 e. The van der Waals surface area contributed by atoms with Gasteiger partial charge in [0, 0.05) is 43.5 Å². The number of cyclic esters (lactones) is 1. The van der Waals surface area contributed by atoms with Gasteiger partial charge in [-0.15, -0.1) is 0 Å². The Labute approximate surface area is 330 Å². The average molecular weight is 789 g/mol. The molecule has 4 rings (SSSR count). The minimum absolute atomic E-state index is 0.0958. The topological polar surface area (TPSA) is 169 Å². The smallest absolute Gasteiger partial charge is 0.311 e. The number of fused-ring (bicyclic) bond motifs is 2. The first-order valence-corrected chi connectivity index (χ1v) is 20.6. The second-order valence-electron chi connectivity index (χ2n) is 18.6. The summed E-state index contributed by atoms with van der Waals surface area (Å²) in [6.45, 7) is 22.9. The number of rotatable bonds is 8. The van der Waals surface area contributed by atoms with Crippen LogP contribution in [-0.4, -0.2) is 160 Å². The van der Waals surface area contributed by atoms with E-state index in [1.807, 2.05) is 39.8 Å². The van der Waals surface area contributed by atoms with Gasteiger partial charge in [-0.05, 0) is 94.7 Å². The van der Waals surface area contributed by atoms with E-state index in [0.29, 0.717) is 12.8 Å². The van der Waals surface area contributed by atoms with Crippen LogP contribution in [0.5, 0.6) is 0 Å². The van der Waals surface area contributed by atoms with Crippen LogP contribution < -0.4 is 0 Å². The molecule has 322 valence electrons. The number of ether oxygens (including phenoxy) is 7. The van der Waals surface area contributed by atoms with Crippen molar-refractivity contribution < 1.29 is 58.4 Å². The number of nitrogens with zero attached hydrogens (tertiary/aromatic N) is 2. The Morgan fingerprint density at radius 2 is 1.60 bits per heavy atom. The molecule has 4 aliphatic rings. The molecule has 0 radical (unpaired) electrons. The van der Waals surface area contributed by atoms with Crippen LogP contribution in [0.1, 0.15) is 109 Å². The van der Waals surface area contributed by atoms with Gasteiger partial charge in [0.15, 0.2) is 12.6 Å². The fourth-order valence-electron chi connectivity index (χ4n) is 10.3. The molecule has 14 nitrogen and oxygen atoms in total. The van der Waals surface area contributed by atoms with Crippen molar-refractivity contribution in [2.75, 3.05) is 27.9 Å². The monoisotopic (exact) mass is 789 g/mol. The van der Waals surface area contributed by atoms with Crippen LogP contribution in [0.15, 0.2) is 0 Å². The molecule has 2 bridgehead atoms. The van der Waals surface area contributed by atoms with Crippen LogP contribution in [0.25, 0.3) is 0 Å². The molecule has 0 aromatic carbocycles. The summed E-state index contributed by atoms with van der Waals surface area (Å²) < 4.78 is 44.6. The van der Waals surface area contributed by atoms with Crippen molar-refractivity contribution in [3.05, 3.63) is 0 Å².